The number of ether oxygens (including phenoxy) is 1. The first-order valence-corrected chi connectivity index (χ1v) is 15.8. The highest BCUT2D eigenvalue weighted by molar-refractivity contribution is 6.06. The summed E-state index contributed by atoms with van der Waals surface area (Å²) in [5, 5.41) is 12.0. The maximum absolute atomic E-state index is 13.0. The van der Waals surface area contributed by atoms with E-state index in [0.717, 1.165) is 37.8 Å². The zero-order chi connectivity index (χ0) is 31.2. The number of allylic oxidation sites excluding steroid dienone is 2. The Morgan fingerprint density at radius 2 is 1.49 bits per heavy atom. The normalized spacial score (nSPS) is 12.8. The monoisotopic (exact) mass is 602 g/mol. The van der Waals surface area contributed by atoms with Crippen molar-refractivity contribution in [2.45, 2.75) is 109 Å². The lowest BCUT2D eigenvalue weighted by Gasteiger charge is -2.13. The Hall–Kier alpha value is -2.94. The van der Waals surface area contributed by atoms with Crippen molar-refractivity contribution in [3.63, 3.8) is 0 Å². The van der Waals surface area contributed by atoms with Crippen LogP contribution >= 0.6 is 0 Å². The van der Waals surface area contributed by atoms with Gasteiger partial charge in [0.25, 0.3) is 5.91 Å². The van der Waals surface area contributed by atoms with Crippen molar-refractivity contribution >= 4 is 17.7 Å². The van der Waals surface area contributed by atoms with E-state index in [4.69, 9.17) is 4.74 Å². The maximum atomic E-state index is 13.0. The molecular formula is C35H49F3N2O3. The van der Waals surface area contributed by atoms with Crippen molar-refractivity contribution in [3.8, 4) is 0 Å². The van der Waals surface area contributed by atoms with Crippen LogP contribution in [0.25, 0.3) is 6.08 Å². The maximum Gasteiger partial charge on any atom is 0.416 e. The predicted molar refractivity (Wildman–Crippen MR) is 169 cm³/mol. The number of unbranched alkanes of at least 4 members (excludes halogenated alkanes) is 12. The van der Waals surface area contributed by atoms with Gasteiger partial charge in [-0.1, -0.05) is 107 Å². The number of amides is 1. The molecule has 0 bridgehead atoms. The molecule has 0 fully saturated rings. The van der Waals surface area contributed by atoms with Crippen LogP contribution in [0.15, 0.2) is 66.8 Å². The number of carbonyl (C=O) groups is 1. The van der Waals surface area contributed by atoms with Gasteiger partial charge in [0.05, 0.1) is 5.56 Å². The Balaban J connectivity index is 1.64. The van der Waals surface area contributed by atoms with Crippen molar-refractivity contribution in [3.05, 3.63) is 83.4 Å². The molecule has 1 unspecified atom stereocenters. The summed E-state index contributed by atoms with van der Waals surface area (Å²) in [4.78, 5) is 12.8. The molecule has 0 aliphatic rings. The summed E-state index contributed by atoms with van der Waals surface area (Å²) in [7, 11) is 0. The lowest BCUT2D eigenvalue weighted by atomic mass is 10.1. The summed E-state index contributed by atoms with van der Waals surface area (Å²) >= 11 is 0. The van der Waals surface area contributed by atoms with Gasteiger partial charge in [-0.25, -0.2) is 0 Å². The van der Waals surface area contributed by atoms with E-state index >= 15 is 0 Å². The molecule has 0 aromatic heterocycles. The molecule has 43 heavy (non-hydrogen) atoms. The van der Waals surface area contributed by atoms with E-state index in [0.29, 0.717) is 12.2 Å². The third kappa shape index (κ3) is 15.9. The number of anilines is 1. The molecule has 0 radical (unpaired) electrons. The van der Waals surface area contributed by atoms with Crippen LogP contribution in [0.2, 0.25) is 0 Å². The van der Waals surface area contributed by atoms with Crippen LogP contribution in [0.5, 0.6) is 0 Å². The Morgan fingerprint density at radius 3 is 2.14 bits per heavy atom. The van der Waals surface area contributed by atoms with Crippen molar-refractivity contribution in [1.29, 1.82) is 0 Å². The Labute approximate surface area is 255 Å². The Morgan fingerprint density at radius 1 is 0.860 bits per heavy atom. The predicted octanol–water partition coefficient (Wildman–Crippen LogP) is 10.3. The molecule has 2 aromatic rings. The fourth-order valence-electron chi connectivity index (χ4n) is 4.71. The molecule has 2 rings (SSSR count). The van der Waals surface area contributed by atoms with Crippen molar-refractivity contribution in [1.82, 2.24) is 5.48 Å². The molecule has 0 aliphatic heterocycles. The molecule has 8 heteroatoms. The van der Waals surface area contributed by atoms with E-state index in [1.807, 2.05) is 0 Å². The van der Waals surface area contributed by atoms with Gasteiger partial charge in [0.15, 0.2) is 0 Å². The van der Waals surface area contributed by atoms with Crippen LogP contribution < -0.4 is 10.8 Å². The average molecular weight is 603 g/mol. The fourth-order valence-corrected chi connectivity index (χ4v) is 4.71. The molecule has 2 aromatic carbocycles. The third-order valence-electron chi connectivity index (χ3n) is 7.18. The minimum Gasteiger partial charge on any atom is -0.358 e. The molecule has 0 saturated heterocycles. The number of halogens is 3. The van der Waals surface area contributed by atoms with E-state index in [-0.39, 0.29) is 11.3 Å². The second kappa shape index (κ2) is 21.7. The number of alkyl halides is 3. The lowest BCUT2D eigenvalue weighted by Crippen LogP contribution is -2.27. The molecule has 1 amide bonds. The second-order valence-corrected chi connectivity index (χ2v) is 10.8. The fraction of sp³-hybridized carbons (Fsp3) is 0.514. The minimum atomic E-state index is -4.50. The summed E-state index contributed by atoms with van der Waals surface area (Å²) in [5.74, 6) is -0.543. The summed E-state index contributed by atoms with van der Waals surface area (Å²) in [6.45, 7) is 2.72. The van der Waals surface area contributed by atoms with Gasteiger partial charge in [-0.05, 0) is 68.0 Å². The van der Waals surface area contributed by atoms with Gasteiger partial charge in [0, 0.05) is 17.9 Å². The van der Waals surface area contributed by atoms with E-state index in [1.165, 1.54) is 76.3 Å². The lowest BCUT2D eigenvalue weighted by molar-refractivity contribution is -0.137. The highest BCUT2D eigenvalue weighted by Gasteiger charge is 2.30. The van der Waals surface area contributed by atoms with Crippen LogP contribution in [0, 0.1) is 0 Å². The van der Waals surface area contributed by atoms with Crippen molar-refractivity contribution < 1.29 is 27.9 Å². The average Bonchev–Trinajstić information content (AvgIpc) is 3.00. The molecular weight excluding hydrogens is 553 g/mol. The first kappa shape index (κ1) is 36.3. The SMILES string of the molecule is CCCCCCCC/C=C\CCCCCCCCOC(/C=C/c1ccccc1C(=O)Nc1cccc(C(F)(F)F)c1)NO. The number of rotatable bonds is 22. The standard InChI is InChI=1S/C35H49F3N2O3/c1-2-3-4-5-6-7-8-9-10-11-12-13-14-15-16-19-27-43-33(40-42)26-25-29-21-17-18-24-32(29)34(41)39-31-23-20-22-30(28-31)35(36,37)38/h9-10,17-18,20-26,28,33,40,42H,2-8,11-16,19,27H2,1H3,(H,39,41)/b10-9-,26-25+. The molecule has 1 atom stereocenters. The highest BCUT2D eigenvalue weighted by atomic mass is 19.4. The van der Waals surface area contributed by atoms with Gasteiger partial charge in [0.1, 0.15) is 6.23 Å². The quantitative estimate of drug-likeness (QED) is 0.0543. The van der Waals surface area contributed by atoms with E-state index in [2.05, 4.69) is 29.9 Å². The van der Waals surface area contributed by atoms with Crippen LogP contribution in [0.3, 0.4) is 0 Å². The molecule has 3 N–H and O–H groups in total. The number of hydrogen-bond acceptors (Lipinski definition) is 4. The number of nitrogens with one attached hydrogen (secondary N) is 2. The molecule has 0 heterocycles. The van der Waals surface area contributed by atoms with Gasteiger partial charge in [-0.15, -0.1) is 0 Å². The Kier molecular flexibility index (Phi) is 18.3. The minimum absolute atomic E-state index is 0.0486. The van der Waals surface area contributed by atoms with Gasteiger partial charge < -0.3 is 15.3 Å². The summed E-state index contributed by atoms with van der Waals surface area (Å²) in [6, 6.07) is 11.2. The van der Waals surface area contributed by atoms with Crippen LogP contribution in [-0.4, -0.2) is 23.9 Å². The zero-order valence-corrected chi connectivity index (χ0v) is 25.5. The Bertz CT molecular complexity index is 1100. The highest BCUT2D eigenvalue weighted by Crippen LogP contribution is 2.30. The molecule has 238 valence electrons. The topological polar surface area (TPSA) is 70.6 Å². The summed E-state index contributed by atoms with van der Waals surface area (Å²) in [5.41, 5.74) is 2.14. The van der Waals surface area contributed by atoms with Crippen LogP contribution in [0.4, 0.5) is 18.9 Å². The third-order valence-corrected chi connectivity index (χ3v) is 7.18. The van der Waals surface area contributed by atoms with E-state index in [9.17, 15) is 23.2 Å². The number of benzene rings is 2. The largest absolute Gasteiger partial charge is 0.416 e. The van der Waals surface area contributed by atoms with E-state index < -0.39 is 23.9 Å². The second-order valence-electron chi connectivity index (χ2n) is 10.8. The van der Waals surface area contributed by atoms with Gasteiger partial charge in [-0.3, -0.25) is 4.79 Å². The molecule has 0 aliphatic carbocycles. The molecule has 0 spiro atoms. The summed E-state index contributed by atoms with van der Waals surface area (Å²) < 4.78 is 44.8. The van der Waals surface area contributed by atoms with Crippen LogP contribution in [0.1, 0.15) is 118 Å². The van der Waals surface area contributed by atoms with Crippen LogP contribution in [-0.2, 0) is 10.9 Å². The number of hydrogen-bond donors (Lipinski definition) is 3. The van der Waals surface area contributed by atoms with Gasteiger partial charge in [-0.2, -0.15) is 18.7 Å². The van der Waals surface area contributed by atoms with Gasteiger partial charge in [0.2, 0.25) is 0 Å². The molecule has 0 saturated carbocycles. The smallest absolute Gasteiger partial charge is 0.358 e. The number of hydroxylamine groups is 1. The first-order chi connectivity index (χ1) is 20.8. The zero-order valence-electron chi connectivity index (χ0n) is 25.5. The molecule has 5 nitrogen and oxygen atoms in total. The van der Waals surface area contributed by atoms with Gasteiger partial charge >= 0.3 is 6.18 Å². The number of carbonyl (C=O) groups excluding carboxylic acids is 1. The van der Waals surface area contributed by atoms with Crippen molar-refractivity contribution in [2.24, 2.45) is 0 Å². The van der Waals surface area contributed by atoms with Crippen molar-refractivity contribution in [2.75, 3.05) is 11.9 Å². The summed E-state index contributed by atoms with van der Waals surface area (Å²) in [6.07, 6.45) is 19.8. The van der Waals surface area contributed by atoms with E-state index in [1.54, 1.807) is 36.4 Å². The first-order valence-electron chi connectivity index (χ1n) is 15.8.